The first kappa shape index (κ1) is 12.5. The van der Waals surface area contributed by atoms with Gasteiger partial charge in [-0.25, -0.2) is 9.78 Å². The van der Waals surface area contributed by atoms with Gasteiger partial charge in [0.2, 0.25) is 0 Å². The van der Waals surface area contributed by atoms with Crippen molar-refractivity contribution < 1.29 is 14.3 Å². The number of rotatable bonds is 2. The summed E-state index contributed by atoms with van der Waals surface area (Å²) in [5.74, 6) is 0.943. The number of carboxylic acid groups (broad SMARTS) is 1. The monoisotopic (exact) mass is 265 g/mol. The third-order valence-electron chi connectivity index (χ3n) is 4.28. The van der Waals surface area contributed by atoms with Crippen LogP contribution in [0.1, 0.15) is 37.5 Å². The van der Waals surface area contributed by atoms with E-state index < -0.39 is 6.09 Å². The third-order valence-corrected chi connectivity index (χ3v) is 4.28. The summed E-state index contributed by atoms with van der Waals surface area (Å²) in [6.45, 7) is 2.35. The molecule has 0 unspecified atom stereocenters. The lowest BCUT2D eigenvalue weighted by atomic mass is 10.0. The lowest BCUT2D eigenvalue weighted by Gasteiger charge is -2.37. The van der Waals surface area contributed by atoms with E-state index in [4.69, 9.17) is 9.52 Å². The molecule has 0 bridgehead atoms. The van der Waals surface area contributed by atoms with Gasteiger partial charge in [0.1, 0.15) is 5.76 Å². The van der Waals surface area contributed by atoms with Crippen LogP contribution >= 0.6 is 0 Å². The molecular formula is C13H19N3O3. The highest BCUT2D eigenvalue weighted by atomic mass is 16.4. The Morgan fingerprint density at radius 2 is 2.11 bits per heavy atom. The van der Waals surface area contributed by atoms with E-state index in [1.165, 1.54) is 17.7 Å². The summed E-state index contributed by atoms with van der Waals surface area (Å²) in [7, 11) is 0. The molecule has 0 radical (unpaired) electrons. The molecule has 6 nitrogen and oxygen atoms in total. The molecule has 0 aromatic carbocycles. The number of likely N-dealkylation sites (tertiary alicyclic amines) is 2. The van der Waals surface area contributed by atoms with Crippen LogP contribution < -0.4 is 0 Å². The van der Waals surface area contributed by atoms with Gasteiger partial charge in [-0.2, -0.15) is 0 Å². The minimum atomic E-state index is -0.799. The second-order valence-corrected chi connectivity index (χ2v) is 5.30. The molecule has 1 aromatic heterocycles. The summed E-state index contributed by atoms with van der Waals surface area (Å²) in [6.07, 6.45) is 6.59. The van der Waals surface area contributed by atoms with Crippen molar-refractivity contribution >= 4 is 6.09 Å². The van der Waals surface area contributed by atoms with Crippen molar-refractivity contribution in [1.29, 1.82) is 0 Å². The Morgan fingerprint density at radius 3 is 2.74 bits per heavy atom. The first-order chi connectivity index (χ1) is 9.25. The number of hydrogen-bond donors (Lipinski definition) is 1. The lowest BCUT2D eigenvalue weighted by Crippen LogP contribution is -2.46. The minimum absolute atomic E-state index is 0.323. The fourth-order valence-corrected chi connectivity index (χ4v) is 3.31. The summed E-state index contributed by atoms with van der Waals surface area (Å²) in [5, 5.41) is 8.98. The van der Waals surface area contributed by atoms with E-state index in [0.29, 0.717) is 25.2 Å². The van der Waals surface area contributed by atoms with E-state index in [2.05, 4.69) is 9.88 Å². The first-order valence-electron chi connectivity index (χ1n) is 6.87. The maximum Gasteiger partial charge on any atom is 0.407 e. The van der Waals surface area contributed by atoms with Crippen molar-refractivity contribution in [3.8, 4) is 0 Å². The Morgan fingerprint density at radius 1 is 1.32 bits per heavy atom. The zero-order valence-electron chi connectivity index (χ0n) is 10.9. The van der Waals surface area contributed by atoms with E-state index >= 15 is 0 Å². The topological polar surface area (TPSA) is 69.8 Å². The van der Waals surface area contributed by atoms with Crippen molar-refractivity contribution in [2.75, 3.05) is 19.6 Å². The van der Waals surface area contributed by atoms with Gasteiger partial charge < -0.3 is 14.4 Å². The van der Waals surface area contributed by atoms with Gasteiger partial charge in [-0.1, -0.05) is 0 Å². The van der Waals surface area contributed by atoms with Crippen LogP contribution in [0.15, 0.2) is 17.0 Å². The zero-order valence-corrected chi connectivity index (χ0v) is 10.9. The summed E-state index contributed by atoms with van der Waals surface area (Å²) < 4.78 is 5.44. The van der Waals surface area contributed by atoms with Gasteiger partial charge in [0.25, 0.3) is 0 Å². The molecule has 2 aliphatic heterocycles. The summed E-state index contributed by atoms with van der Waals surface area (Å²) >= 11 is 0. The largest absolute Gasteiger partial charge is 0.465 e. The zero-order chi connectivity index (χ0) is 13.2. The first-order valence-corrected chi connectivity index (χ1v) is 6.87. The smallest absolute Gasteiger partial charge is 0.407 e. The quantitative estimate of drug-likeness (QED) is 0.885. The van der Waals surface area contributed by atoms with E-state index in [1.807, 2.05) is 0 Å². The molecule has 0 aliphatic carbocycles. The van der Waals surface area contributed by atoms with Crippen LogP contribution in [-0.4, -0.2) is 51.7 Å². The molecule has 2 saturated heterocycles. The number of oxazole rings is 1. The molecule has 3 heterocycles. The number of hydrogen-bond acceptors (Lipinski definition) is 4. The average molecular weight is 265 g/mol. The van der Waals surface area contributed by atoms with Gasteiger partial charge in [0.15, 0.2) is 6.39 Å². The number of aromatic nitrogens is 1. The number of carbonyl (C=O) groups is 1. The second kappa shape index (κ2) is 5.21. The molecule has 2 fully saturated rings. The molecule has 0 saturated carbocycles. The van der Waals surface area contributed by atoms with Crippen molar-refractivity contribution in [3.63, 3.8) is 0 Å². The molecule has 104 valence electrons. The summed E-state index contributed by atoms with van der Waals surface area (Å²) in [6, 6.07) is 0.789. The Hall–Kier alpha value is -1.56. The predicted molar refractivity (Wildman–Crippen MR) is 67.8 cm³/mol. The van der Waals surface area contributed by atoms with Crippen molar-refractivity contribution in [3.05, 3.63) is 18.4 Å². The van der Waals surface area contributed by atoms with E-state index in [1.54, 1.807) is 6.20 Å². The van der Waals surface area contributed by atoms with Crippen LogP contribution in [0.25, 0.3) is 0 Å². The van der Waals surface area contributed by atoms with Gasteiger partial charge in [-0.15, -0.1) is 0 Å². The predicted octanol–water partition coefficient (Wildman–Crippen LogP) is 1.95. The molecule has 1 N–H and O–H groups in total. The lowest BCUT2D eigenvalue weighted by molar-refractivity contribution is 0.0837. The maximum atomic E-state index is 10.9. The molecule has 2 aliphatic rings. The van der Waals surface area contributed by atoms with Gasteiger partial charge in [0, 0.05) is 19.1 Å². The van der Waals surface area contributed by atoms with Crippen molar-refractivity contribution in [1.82, 2.24) is 14.8 Å². The van der Waals surface area contributed by atoms with E-state index in [9.17, 15) is 4.79 Å². The Kier molecular flexibility index (Phi) is 3.42. The minimum Gasteiger partial charge on any atom is -0.465 e. The SMILES string of the molecule is O=C(O)N1CCC(N2CCC[C@@H]2c2cnco2)CC1. The fraction of sp³-hybridized carbons (Fsp3) is 0.692. The van der Waals surface area contributed by atoms with Gasteiger partial charge in [0.05, 0.1) is 12.2 Å². The van der Waals surface area contributed by atoms with Crippen LogP contribution in [-0.2, 0) is 0 Å². The molecule has 19 heavy (non-hydrogen) atoms. The Labute approximate surface area is 112 Å². The number of piperidine rings is 1. The average Bonchev–Trinajstić information content (AvgIpc) is 3.09. The number of amides is 1. The Balaban J connectivity index is 1.64. The molecule has 1 atom stereocenters. The van der Waals surface area contributed by atoms with Gasteiger partial charge in [-0.05, 0) is 32.2 Å². The molecule has 1 aromatic rings. The molecular weight excluding hydrogens is 246 g/mol. The summed E-state index contributed by atoms with van der Waals surface area (Å²) in [4.78, 5) is 18.9. The fourth-order valence-electron chi connectivity index (χ4n) is 3.31. The molecule has 0 spiro atoms. The normalized spacial score (nSPS) is 25.9. The molecule has 1 amide bonds. The summed E-state index contributed by atoms with van der Waals surface area (Å²) in [5.41, 5.74) is 0. The van der Waals surface area contributed by atoms with E-state index in [-0.39, 0.29) is 0 Å². The third kappa shape index (κ3) is 2.45. The van der Waals surface area contributed by atoms with Crippen LogP contribution in [0, 0.1) is 0 Å². The van der Waals surface area contributed by atoms with Crippen LogP contribution in [0.5, 0.6) is 0 Å². The highest BCUT2D eigenvalue weighted by molar-refractivity contribution is 5.65. The van der Waals surface area contributed by atoms with Crippen molar-refractivity contribution in [2.45, 2.75) is 37.8 Å². The van der Waals surface area contributed by atoms with Crippen LogP contribution in [0.2, 0.25) is 0 Å². The highest BCUT2D eigenvalue weighted by Gasteiger charge is 2.35. The van der Waals surface area contributed by atoms with Gasteiger partial charge >= 0.3 is 6.09 Å². The molecule has 6 heteroatoms. The second-order valence-electron chi connectivity index (χ2n) is 5.30. The highest BCUT2D eigenvalue weighted by Crippen LogP contribution is 2.35. The van der Waals surface area contributed by atoms with Crippen molar-refractivity contribution in [2.24, 2.45) is 0 Å². The van der Waals surface area contributed by atoms with Crippen LogP contribution in [0.4, 0.5) is 4.79 Å². The van der Waals surface area contributed by atoms with E-state index in [0.717, 1.165) is 31.6 Å². The Bertz CT molecular complexity index is 426. The standard InChI is InChI=1S/C13H19N3O3/c17-13(18)15-6-3-10(4-7-15)16-5-1-2-11(16)12-8-14-9-19-12/h8-11H,1-7H2,(H,17,18)/t11-/m1/s1. The van der Waals surface area contributed by atoms with Crippen LogP contribution in [0.3, 0.4) is 0 Å². The molecule has 3 rings (SSSR count). The number of nitrogens with zero attached hydrogens (tertiary/aromatic N) is 3. The van der Waals surface area contributed by atoms with Gasteiger partial charge in [-0.3, -0.25) is 4.90 Å². The maximum absolute atomic E-state index is 10.9.